The van der Waals surface area contributed by atoms with Gasteiger partial charge < -0.3 is 5.32 Å². The van der Waals surface area contributed by atoms with Crippen molar-refractivity contribution in [1.29, 1.82) is 0 Å². The van der Waals surface area contributed by atoms with E-state index in [0.717, 1.165) is 24.2 Å². The molecule has 1 aromatic carbocycles. The van der Waals surface area contributed by atoms with Crippen molar-refractivity contribution in [2.45, 2.75) is 45.3 Å². The van der Waals surface area contributed by atoms with Crippen LogP contribution in [0.1, 0.15) is 50.3 Å². The standard InChI is InChI=1S/C15H20F3N/c1-11(19-10-14(2)8-3-9-14)12-4-6-13(7-5-12)15(16,17)18/h4-7,11,19H,3,8-10H2,1-2H3. The molecule has 0 bridgehead atoms. The Morgan fingerprint density at radius 1 is 1.21 bits per heavy atom. The predicted molar refractivity (Wildman–Crippen MR) is 69.8 cm³/mol. The number of halogens is 3. The van der Waals surface area contributed by atoms with E-state index in [4.69, 9.17) is 0 Å². The van der Waals surface area contributed by atoms with Crippen LogP contribution in [0.25, 0.3) is 0 Å². The highest BCUT2D eigenvalue weighted by Crippen LogP contribution is 2.40. The summed E-state index contributed by atoms with van der Waals surface area (Å²) in [4.78, 5) is 0. The summed E-state index contributed by atoms with van der Waals surface area (Å²) in [5.41, 5.74) is 0.686. The van der Waals surface area contributed by atoms with Gasteiger partial charge in [-0.05, 0) is 42.9 Å². The maximum absolute atomic E-state index is 12.5. The van der Waals surface area contributed by atoms with Crippen LogP contribution in [-0.2, 0) is 6.18 Å². The van der Waals surface area contributed by atoms with Crippen molar-refractivity contribution in [3.8, 4) is 0 Å². The van der Waals surface area contributed by atoms with Gasteiger partial charge in [-0.15, -0.1) is 0 Å². The highest BCUT2D eigenvalue weighted by molar-refractivity contribution is 5.26. The Bertz CT molecular complexity index is 418. The third-order valence-corrected chi connectivity index (χ3v) is 4.13. The predicted octanol–water partition coefficient (Wildman–Crippen LogP) is 4.55. The van der Waals surface area contributed by atoms with Crippen molar-refractivity contribution in [2.75, 3.05) is 6.54 Å². The lowest BCUT2D eigenvalue weighted by Crippen LogP contribution is -2.38. The molecule has 1 fully saturated rings. The lowest BCUT2D eigenvalue weighted by atomic mass is 9.70. The molecule has 0 aromatic heterocycles. The van der Waals surface area contributed by atoms with Crippen molar-refractivity contribution in [1.82, 2.24) is 5.32 Å². The van der Waals surface area contributed by atoms with Crippen molar-refractivity contribution < 1.29 is 13.2 Å². The Morgan fingerprint density at radius 3 is 2.21 bits per heavy atom. The van der Waals surface area contributed by atoms with Gasteiger partial charge in [0.15, 0.2) is 0 Å². The van der Waals surface area contributed by atoms with Gasteiger partial charge in [0.1, 0.15) is 0 Å². The molecule has 0 heterocycles. The Balaban J connectivity index is 1.93. The van der Waals surface area contributed by atoms with Crippen LogP contribution in [0.5, 0.6) is 0 Å². The van der Waals surface area contributed by atoms with Crippen LogP contribution in [-0.4, -0.2) is 6.54 Å². The summed E-state index contributed by atoms with van der Waals surface area (Å²) in [6.07, 6.45) is -0.499. The molecule has 1 aromatic rings. The van der Waals surface area contributed by atoms with Crippen LogP contribution in [0.2, 0.25) is 0 Å². The summed E-state index contributed by atoms with van der Waals surface area (Å²) >= 11 is 0. The number of benzene rings is 1. The van der Waals surface area contributed by atoms with Gasteiger partial charge in [0.2, 0.25) is 0 Å². The molecule has 1 nitrogen and oxygen atoms in total. The Labute approximate surface area is 112 Å². The zero-order valence-corrected chi connectivity index (χ0v) is 11.3. The minimum absolute atomic E-state index is 0.0831. The second kappa shape index (κ2) is 5.16. The van der Waals surface area contributed by atoms with Crippen molar-refractivity contribution in [3.05, 3.63) is 35.4 Å². The average Bonchev–Trinajstić information content (AvgIpc) is 2.33. The molecule has 0 radical (unpaired) electrons. The lowest BCUT2D eigenvalue weighted by molar-refractivity contribution is -0.137. The van der Waals surface area contributed by atoms with E-state index in [1.807, 2.05) is 6.92 Å². The van der Waals surface area contributed by atoms with Crippen LogP contribution in [0, 0.1) is 5.41 Å². The first-order valence-electron chi connectivity index (χ1n) is 6.71. The molecular formula is C15H20F3N. The van der Waals surface area contributed by atoms with E-state index in [-0.39, 0.29) is 6.04 Å². The maximum Gasteiger partial charge on any atom is 0.416 e. The molecule has 19 heavy (non-hydrogen) atoms. The molecular weight excluding hydrogens is 251 g/mol. The number of hydrogen-bond donors (Lipinski definition) is 1. The van der Waals surface area contributed by atoms with Gasteiger partial charge in [0.25, 0.3) is 0 Å². The second-order valence-electron chi connectivity index (χ2n) is 5.89. The van der Waals surface area contributed by atoms with E-state index in [9.17, 15) is 13.2 Å². The van der Waals surface area contributed by atoms with Crippen molar-refractivity contribution in [3.63, 3.8) is 0 Å². The quantitative estimate of drug-likeness (QED) is 0.847. The van der Waals surface area contributed by atoms with Crippen LogP contribution in [0.4, 0.5) is 13.2 Å². The fraction of sp³-hybridized carbons (Fsp3) is 0.600. The lowest BCUT2D eigenvalue weighted by Gasteiger charge is -2.39. The first-order chi connectivity index (χ1) is 8.80. The van der Waals surface area contributed by atoms with Gasteiger partial charge in [-0.2, -0.15) is 13.2 Å². The van der Waals surface area contributed by atoms with Crippen molar-refractivity contribution in [2.24, 2.45) is 5.41 Å². The van der Waals surface area contributed by atoms with Crippen LogP contribution in [0.3, 0.4) is 0 Å². The summed E-state index contributed by atoms with van der Waals surface area (Å²) < 4.78 is 37.4. The highest BCUT2D eigenvalue weighted by atomic mass is 19.4. The SMILES string of the molecule is CC(NCC1(C)CCC1)c1ccc(C(F)(F)F)cc1. The maximum atomic E-state index is 12.5. The fourth-order valence-corrected chi connectivity index (χ4v) is 2.44. The molecule has 0 saturated heterocycles. The Hall–Kier alpha value is -1.03. The Kier molecular flexibility index (Phi) is 3.90. The number of hydrogen-bond acceptors (Lipinski definition) is 1. The topological polar surface area (TPSA) is 12.0 Å². The molecule has 0 amide bonds. The summed E-state index contributed by atoms with van der Waals surface area (Å²) in [7, 11) is 0. The monoisotopic (exact) mass is 271 g/mol. The number of rotatable bonds is 4. The van der Waals surface area contributed by atoms with E-state index in [0.29, 0.717) is 5.41 Å². The zero-order valence-electron chi connectivity index (χ0n) is 11.3. The molecule has 1 aliphatic carbocycles. The van der Waals surface area contributed by atoms with E-state index < -0.39 is 11.7 Å². The van der Waals surface area contributed by atoms with E-state index >= 15 is 0 Å². The minimum atomic E-state index is -4.26. The van der Waals surface area contributed by atoms with Gasteiger partial charge in [-0.25, -0.2) is 0 Å². The molecule has 1 aliphatic rings. The van der Waals surface area contributed by atoms with E-state index in [2.05, 4.69) is 12.2 Å². The smallest absolute Gasteiger partial charge is 0.310 e. The number of nitrogens with one attached hydrogen (secondary N) is 1. The second-order valence-corrected chi connectivity index (χ2v) is 5.89. The third-order valence-electron chi connectivity index (χ3n) is 4.13. The van der Waals surface area contributed by atoms with Gasteiger partial charge in [-0.3, -0.25) is 0 Å². The molecule has 1 unspecified atom stereocenters. The minimum Gasteiger partial charge on any atom is -0.310 e. The zero-order chi connectivity index (χ0) is 14.1. The van der Waals surface area contributed by atoms with Crippen LogP contribution < -0.4 is 5.32 Å². The normalized spacial score (nSPS) is 19.8. The molecule has 1 N–H and O–H groups in total. The molecule has 2 rings (SSSR count). The van der Waals surface area contributed by atoms with Crippen molar-refractivity contribution >= 4 is 0 Å². The summed E-state index contributed by atoms with van der Waals surface area (Å²) in [5.74, 6) is 0. The molecule has 4 heteroatoms. The summed E-state index contributed by atoms with van der Waals surface area (Å²) in [6, 6.07) is 5.50. The molecule has 0 aliphatic heterocycles. The van der Waals surface area contributed by atoms with Gasteiger partial charge in [0, 0.05) is 12.6 Å². The van der Waals surface area contributed by atoms with Gasteiger partial charge in [0.05, 0.1) is 5.56 Å². The third kappa shape index (κ3) is 3.50. The average molecular weight is 271 g/mol. The highest BCUT2D eigenvalue weighted by Gasteiger charge is 2.32. The summed E-state index contributed by atoms with van der Waals surface area (Å²) in [6.45, 7) is 5.17. The van der Waals surface area contributed by atoms with Gasteiger partial charge in [-0.1, -0.05) is 25.5 Å². The Morgan fingerprint density at radius 2 is 1.79 bits per heavy atom. The number of alkyl halides is 3. The first kappa shape index (κ1) is 14.4. The van der Waals surface area contributed by atoms with Crippen LogP contribution in [0.15, 0.2) is 24.3 Å². The molecule has 106 valence electrons. The molecule has 1 atom stereocenters. The van der Waals surface area contributed by atoms with Crippen LogP contribution >= 0.6 is 0 Å². The first-order valence-corrected chi connectivity index (χ1v) is 6.71. The largest absolute Gasteiger partial charge is 0.416 e. The van der Waals surface area contributed by atoms with E-state index in [1.54, 1.807) is 12.1 Å². The summed E-state index contributed by atoms with van der Waals surface area (Å²) in [5, 5.41) is 3.42. The van der Waals surface area contributed by atoms with E-state index in [1.165, 1.54) is 19.3 Å². The fourth-order valence-electron chi connectivity index (χ4n) is 2.44. The molecule has 0 spiro atoms. The van der Waals surface area contributed by atoms with Gasteiger partial charge >= 0.3 is 6.18 Å². The molecule has 1 saturated carbocycles.